The van der Waals surface area contributed by atoms with Gasteiger partial charge in [0.2, 0.25) is 0 Å². The third-order valence-corrected chi connectivity index (χ3v) is 2.89. The molecule has 0 fully saturated rings. The average Bonchev–Trinajstić information content (AvgIpc) is 2.40. The SMILES string of the molecule is CN(Cc1ccncc1)c1ccncc1CCl. The number of anilines is 1. The van der Waals surface area contributed by atoms with Crippen molar-refractivity contribution < 1.29 is 0 Å². The standard InChI is InChI=1S/C13H14ClN3/c1-17(10-11-2-5-15-6-3-11)13-4-7-16-9-12(13)8-14/h2-7,9H,8,10H2,1H3. The molecule has 0 aliphatic rings. The van der Waals surface area contributed by atoms with E-state index in [1.54, 1.807) is 18.6 Å². The first kappa shape index (κ1) is 11.9. The first-order valence-corrected chi connectivity index (χ1v) is 5.93. The van der Waals surface area contributed by atoms with Crippen LogP contribution >= 0.6 is 11.6 Å². The van der Waals surface area contributed by atoms with Crippen molar-refractivity contribution in [1.29, 1.82) is 0 Å². The molecule has 17 heavy (non-hydrogen) atoms. The fourth-order valence-electron chi connectivity index (χ4n) is 1.74. The van der Waals surface area contributed by atoms with E-state index in [1.807, 2.05) is 31.4 Å². The highest BCUT2D eigenvalue weighted by Crippen LogP contribution is 2.21. The van der Waals surface area contributed by atoms with Crippen LogP contribution in [0.3, 0.4) is 0 Å². The zero-order valence-corrected chi connectivity index (χ0v) is 10.4. The van der Waals surface area contributed by atoms with Crippen LogP contribution in [0.1, 0.15) is 11.1 Å². The summed E-state index contributed by atoms with van der Waals surface area (Å²) in [5.74, 6) is 0.476. The second kappa shape index (κ2) is 5.64. The van der Waals surface area contributed by atoms with E-state index in [-0.39, 0.29) is 0 Å². The molecule has 2 aromatic heterocycles. The molecule has 4 heteroatoms. The van der Waals surface area contributed by atoms with E-state index < -0.39 is 0 Å². The van der Waals surface area contributed by atoms with Crippen molar-refractivity contribution in [1.82, 2.24) is 9.97 Å². The Morgan fingerprint density at radius 3 is 2.53 bits per heavy atom. The van der Waals surface area contributed by atoms with Crippen LogP contribution in [0.5, 0.6) is 0 Å². The fraction of sp³-hybridized carbons (Fsp3) is 0.231. The molecule has 0 radical (unpaired) electrons. The zero-order valence-electron chi connectivity index (χ0n) is 9.68. The number of hydrogen-bond donors (Lipinski definition) is 0. The van der Waals surface area contributed by atoms with Crippen LogP contribution in [0.2, 0.25) is 0 Å². The van der Waals surface area contributed by atoms with Crippen LogP contribution in [0.25, 0.3) is 0 Å². The molecule has 2 aromatic rings. The molecule has 0 unspecified atom stereocenters. The van der Waals surface area contributed by atoms with Gasteiger partial charge in [0.05, 0.1) is 5.88 Å². The van der Waals surface area contributed by atoms with E-state index in [0.717, 1.165) is 17.8 Å². The smallest absolute Gasteiger partial charge is 0.0509 e. The Kier molecular flexibility index (Phi) is 3.94. The Balaban J connectivity index is 2.17. The first-order chi connectivity index (χ1) is 8.31. The monoisotopic (exact) mass is 247 g/mol. The Bertz CT molecular complexity index is 473. The summed E-state index contributed by atoms with van der Waals surface area (Å²) in [6.45, 7) is 0.830. The van der Waals surface area contributed by atoms with Crippen molar-refractivity contribution in [3.05, 3.63) is 54.1 Å². The number of aromatic nitrogens is 2. The highest BCUT2D eigenvalue weighted by molar-refractivity contribution is 6.17. The number of rotatable bonds is 4. The quantitative estimate of drug-likeness (QED) is 0.778. The van der Waals surface area contributed by atoms with Crippen molar-refractivity contribution in [2.24, 2.45) is 0 Å². The second-order valence-corrected chi connectivity index (χ2v) is 4.12. The lowest BCUT2D eigenvalue weighted by Gasteiger charge is -2.21. The summed E-state index contributed by atoms with van der Waals surface area (Å²) in [4.78, 5) is 10.3. The van der Waals surface area contributed by atoms with Gasteiger partial charge in [-0.25, -0.2) is 0 Å². The molecule has 0 aliphatic carbocycles. The minimum Gasteiger partial charge on any atom is -0.370 e. The highest BCUT2D eigenvalue weighted by atomic mass is 35.5. The molecule has 88 valence electrons. The maximum atomic E-state index is 5.90. The second-order valence-electron chi connectivity index (χ2n) is 3.85. The van der Waals surface area contributed by atoms with Gasteiger partial charge in [-0.2, -0.15) is 0 Å². The fourth-order valence-corrected chi connectivity index (χ4v) is 1.95. The van der Waals surface area contributed by atoms with Gasteiger partial charge in [0.1, 0.15) is 0 Å². The number of hydrogen-bond acceptors (Lipinski definition) is 3. The summed E-state index contributed by atoms with van der Waals surface area (Å²) in [7, 11) is 2.05. The average molecular weight is 248 g/mol. The molecule has 0 saturated carbocycles. The van der Waals surface area contributed by atoms with Crippen LogP contribution in [0.4, 0.5) is 5.69 Å². The molecule has 0 amide bonds. The molecule has 0 bridgehead atoms. The Hall–Kier alpha value is -1.61. The summed E-state index contributed by atoms with van der Waals surface area (Å²) in [5, 5.41) is 0. The number of alkyl halides is 1. The molecule has 0 spiro atoms. The van der Waals surface area contributed by atoms with Gasteiger partial charge < -0.3 is 4.90 Å². The maximum Gasteiger partial charge on any atom is 0.0509 e. The molecule has 0 atom stereocenters. The normalized spacial score (nSPS) is 10.2. The molecule has 0 aliphatic heterocycles. The van der Waals surface area contributed by atoms with Gasteiger partial charge in [0, 0.05) is 49.6 Å². The van der Waals surface area contributed by atoms with Crippen LogP contribution < -0.4 is 4.90 Å². The summed E-state index contributed by atoms with van der Waals surface area (Å²) >= 11 is 5.90. The Labute approximate surface area is 106 Å². The van der Waals surface area contributed by atoms with Gasteiger partial charge in [-0.3, -0.25) is 9.97 Å². The Morgan fingerprint density at radius 2 is 1.82 bits per heavy atom. The molecule has 2 heterocycles. The molecular formula is C13H14ClN3. The van der Waals surface area contributed by atoms with Gasteiger partial charge in [0.15, 0.2) is 0 Å². The predicted octanol–water partition coefficient (Wildman–Crippen LogP) is 2.85. The van der Waals surface area contributed by atoms with Crippen molar-refractivity contribution >= 4 is 17.3 Å². The van der Waals surface area contributed by atoms with Crippen molar-refractivity contribution in [2.75, 3.05) is 11.9 Å². The van der Waals surface area contributed by atoms with Crippen LogP contribution in [0, 0.1) is 0 Å². The largest absolute Gasteiger partial charge is 0.370 e. The van der Waals surface area contributed by atoms with Crippen molar-refractivity contribution in [3.8, 4) is 0 Å². The van der Waals surface area contributed by atoms with Gasteiger partial charge in [0.25, 0.3) is 0 Å². The van der Waals surface area contributed by atoms with Crippen molar-refractivity contribution in [2.45, 2.75) is 12.4 Å². The van der Waals surface area contributed by atoms with E-state index in [4.69, 9.17) is 11.6 Å². The summed E-state index contributed by atoms with van der Waals surface area (Å²) in [5.41, 5.74) is 3.39. The van der Waals surface area contributed by atoms with Gasteiger partial charge in [-0.15, -0.1) is 11.6 Å². The lowest BCUT2D eigenvalue weighted by Crippen LogP contribution is -2.17. The minimum atomic E-state index is 0.476. The zero-order chi connectivity index (χ0) is 12.1. The van der Waals surface area contributed by atoms with Crippen LogP contribution in [-0.2, 0) is 12.4 Å². The summed E-state index contributed by atoms with van der Waals surface area (Å²) in [6, 6.07) is 6.01. The molecule has 0 aromatic carbocycles. The molecule has 2 rings (SSSR count). The number of pyridine rings is 2. The molecule has 0 saturated heterocycles. The van der Waals surface area contributed by atoms with E-state index in [0.29, 0.717) is 5.88 Å². The third kappa shape index (κ3) is 2.94. The topological polar surface area (TPSA) is 29.0 Å². The van der Waals surface area contributed by atoms with E-state index in [2.05, 4.69) is 14.9 Å². The lowest BCUT2D eigenvalue weighted by atomic mass is 10.2. The summed E-state index contributed by atoms with van der Waals surface area (Å²) < 4.78 is 0. The van der Waals surface area contributed by atoms with Crippen molar-refractivity contribution in [3.63, 3.8) is 0 Å². The van der Waals surface area contributed by atoms with E-state index in [1.165, 1.54) is 5.56 Å². The molecular weight excluding hydrogens is 234 g/mol. The van der Waals surface area contributed by atoms with Crippen LogP contribution in [0.15, 0.2) is 43.0 Å². The van der Waals surface area contributed by atoms with Crippen LogP contribution in [-0.4, -0.2) is 17.0 Å². The van der Waals surface area contributed by atoms with E-state index >= 15 is 0 Å². The first-order valence-electron chi connectivity index (χ1n) is 5.40. The minimum absolute atomic E-state index is 0.476. The number of halogens is 1. The lowest BCUT2D eigenvalue weighted by molar-refractivity contribution is 0.909. The summed E-state index contributed by atoms with van der Waals surface area (Å²) in [6.07, 6.45) is 7.20. The van der Waals surface area contributed by atoms with Gasteiger partial charge >= 0.3 is 0 Å². The highest BCUT2D eigenvalue weighted by Gasteiger charge is 2.06. The Morgan fingerprint density at radius 1 is 1.12 bits per heavy atom. The number of nitrogens with zero attached hydrogens (tertiary/aromatic N) is 3. The van der Waals surface area contributed by atoms with Gasteiger partial charge in [-0.1, -0.05) is 0 Å². The van der Waals surface area contributed by atoms with E-state index in [9.17, 15) is 0 Å². The molecule has 3 nitrogen and oxygen atoms in total. The maximum absolute atomic E-state index is 5.90. The molecule has 0 N–H and O–H groups in total. The van der Waals surface area contributed by atoms with Gasteiger partial charge in [-0.05, 0) is 23.8 Å². The third-order valence-electron chi connectivity index (χ3n) is 2.60. The predicted molar refractivity (Wildman–Crippen MR) is 70.1 cm³/mol.